The Kier molecular flexibility index (Phi) is 7.80. The number of hydrogen-bond donors (Lipinski definition) is 0. The first-order valence-corrected chi connectivity index (χ1v) is 13.5. The molecule has 0 N–H and O–H groups in total. The van der Waals surface area contributed by atoms with Crippen LogP contribution in [-0.2, 0) is 29.5 Å². The Morgan fingerprint density at radius 3 is 2.74 bits per heavy atom. The molecule has 1 fully saturated rings. The maximum atomic E-state index is 14.0. The summed E-state index contributed by atoms with van der Waals surface area (Å²) in [5.74, 6) is 1.20. The molecule has 8 nitrogen and oxygen atoms in total. The van der Waals surface area contributed by atoms with Crippen LogP contribution in [0.3, 0.4) is 0 Å². The molecule has 0 saturated carbocycles. The molecule has 11 heteroatoms. The number of sulfone groups is 1. The number of hydrogen-bond acceptors (Lipinski definition) is 7. The Hall–Kier alpha value is -2.56. The number of pyridine rings is 1. The van der Waals surface area contributed by atoms with Crippen molar-refractivity contribution in [1.82, 2.24) is 24.6 Å². The molecule has 0 spiro atoms. The number of halogens is 2. The quantitative estimate of drug-likeness (QED) is 0.438. The van der Waals surface area contributed by atoms with E-state index in [0.717, 1.165) is 37.4 Å². The summed E-state index contributed by atoms with van der Waals surface area (Å²) in [6.45, 7) is 2.80. The van der Waals surface area contributed by atoms with Gasteiger partial charge in [-0.05, 0) is 44.1 Å². The molecular formula is C23H27ClFN5O3S. The van der Waals surface area contributed by atoms with Gasteiger partial charge < -0.3 is 9.30 Å². The summed E-state index contributed by atoms with van der Waals surface area (Å²) in [7, 11) is -3.05. The maximum absolute atomic E-state index is 14.0. The van der Waals surface area contributed by atoms with Crippen LogP contribution in [0.15, 0.2) is 42.7 Å². The molecule has 1 aliphatic heterocycles. The van der Waals surface area contributed by atoms with Gasteiger partial charge in [0.05, 0.1) is 12.3 Å². The van der Waals surface area contributed by atoms with Gasteiger partial charge >= 0.3 is 0 Å². The van der Waals surface area contributed by atoms with Crippen LogP contribution in [0.5, 0.6) is 5.88 Å². The minimum atomic E-state index is -3.05. The highest BCUT2D eigenvalue weighted by Gasteiger charge is 2.23. The summed E-state index contributed by atoms with van der Waals surface area (Å²) >= 11 is 5.80. The van der Waals surface area contributed by atoms with E-state index in [1.165, 1.54) is 12.3 Å². The number of piperidine rings is 1. The summed E-state index contributed by atoms with van der Waals surface area (Å²) in [4.78, 5) is 6.94. The van der Waals surface area contributed by atoms with Crippen LogP contribution in [-0.4, -0.2) is 58.2 Å². The van der Waals surface area contributed by atoms with Crippen molar-refractivity contribution in [2.24, 2.45) is 0 Å². The van der Waals surface area contributed by atoms with Crippen molar-refractivity contribution in [3.63, 3.8) is 0 Å². The third-order valence-electron chi connectivity index (χ3n) is 5.91. The van der Waals surface area contributed by atoms with E-state index in [1.807, 2.05) is 12.1 Å². The van der Waals surface area contributed by atoms with Crippen LogP contribution < -0.4 is 4.74 Å². The lowest BCUT2D eigenvalue weighted by atomic mass is 9.93. The van der Waals surface area contributed by atoms with Gasteiger partial charge in [-0.15, -0.1) is 10.2 Å². The molecule has 4 rings (SSSR count). The van der Waals surface area contributed by atoms with Crippen molar-refractivity contribution in [1.29, 1.82) is 0 Å². The zero-order valence-corrected chi connectivity index (χ0v) is 20.5. The Morgan fingerprint density at radius 2 is 2.00 bits per heavy atom. The molecular weight excluding hydrogens is 481 g/mol. The van der Waals surface area contributed by atoms with Gasteiger partial charge in [-0.3, -0.25) is 4.90 Å². The van der Waals surface area contributed by atoms with Gasteiger partial charge in [0.25, 0.3) is 0 Å². The van der Waals surface area contributed by atoms with Crippen molar-refractivity contribution in [3.8, 4) is 5.88 Å². The lowest BCUT2D eigenvalue weighted by Gasteiger charge is -2.31. The van der Waals surface area contributed by atoms with Gasteiger partial charge in [0.15, 0.2) is 0 Å². The van der Waals surface area contributed by atoms with Crippen molar-refractivity contribution in [2.75, 3.05) is 25.1 Å². The van der Waals surface area contributed by atoms with E-state index in [4.69, 9.17) is 16.3 Å². The summed E-state index contributed by atoms with van der Waals surface area (Å²) in [6.07, 6.45) is 4.67. The number of aromatic nitrogens is 4. The number of rotatable bonds is 9. The summed E-state index contributed by atoms with van der Waals surface area (Å²) in [5.41, 5.74) is 1.39. The second-order valence-corrected chi connectivity index (χ2v) is 11.2. The topological polar surface area (TPSA) is 90.2 Å². The van der Waals surface area contributed by atoms with E-state index in [1.54, 1.807) is 29.1 Å². The lowest BCUT2D eigenvalue weighted by Crippen LogP contribution is -2.33. The minimum Gasteiger partial charge on any atom is -0.473 e. The average molecular weight is 508 g/mol. The minimum absolute atomic E-state index is 0.0643. The first-order chi connectivity index (χ1) is 16.3. The average Bonchev–Trinajstić information content (AvgIpc) is 3.24. The van der Waals surface area contributed by atoms with Crippen LogP contribution in [0, 0.1) is 5.82 Å². The zero-order valence-electron chi connectivity index (χ0n) is 18.9. The third kappa shape index (κ3) is 6.74. The third-order valence-corrected chi connectivity index (χ3v) is 7.06. The molecule has 1 aromatic carbocycles. The number of likely N-dealkylation sites (tertiary alicyclic amines) is 1. The first kappa shape index (κ1) is 24.6. The van der Waals surface area contributed by atoms with Gasteiger partial charge in [-0.2, -0.15) is 0 Å². The summed E-state index contributed by atoms with van der Waals surface area (Å²) in [6, 6.07) is 10.2. The van der Waals surface area contributed by atoms with E-state index in [2.05, 4.69) is 20.1 Å². The lowest BCUT2D eigenvalue weighted by molar-refractivity contribution is 0.196. The van der Waals surface area contributed by atoms with E-state index >= 15 is 0 Å². The molecule has 182 valence electrons. The fourth-order valence-electron chi connectivity index (χ4n) is 3.97. The molecule has 0 bridgehead atoms. The second-order valence-electron chi connectivity index (χ2n) is 8.55. The molecule has 0 atom stereocenters. The van der Waals surface area contributed by atoms with Crippen molar-refractivity contribution in [3.05, 3.63) is 70.6 Å². The molecule has 0 radical (unpaired) electrons. The Labute approximate surface area is 203 Å². The zero-order chi connectivity index (χ0) is 24.1. The molecule has 1 saturated heterocycles. The van der Waals surface area contributed by atoms with Crippen LogP contribution in [0.1, 0.15) is 35.8 Å². The van der Waals surface area contributed by atoms with Gasteiger partial charge in [0, 0.05) is 41.1 Å². The Morgan fingerprint density at radius 1 is 1.21 bits per heavy atom. The van der Waals surface area contributed by atoms with Gasteiger partial charge in [0.1, 0.15) is 34.4 Å². The second kappa shape index (κ2) is 10.8. The molecule has 34 heavy (non-hydrogen) atoms. The molecule has 0 unspecified atom stereocenters. The van der Waals surface area contributed by atoms with E-state index in [0.29, 0.717) is 35.5 Å². The van der Waals surface area contributed by atoms with Gasteiger partial charge in [-0.1, -0.05) is 23.7 Å². The number of aryl methyl sites for hydroxylation is 1. The van der Waals surface area contributed by atoms with Crippen LogP contribution in [0.4, 0.5) is 4.39 Å². The van der Waals surface area contributed by atoms with E-state index in [-0.39, 0.29) is 12.4 Å². The monoisotopic (exact) mass is 507 g/mol. The van der Waals surface area contributed by atoms with Crippen LogP contribution in [0.25, 0.3) is 0 Å². The Balaban J connectivity index is 1.30. The summed E-state index contributed by atoms with van der Waals surface area (Å²) in [5, 5.41) is 8.47. The standard InChI is InChI=1S/C23H27ClFN5O3S/c1-34(31,32)12-11-30-16-26-28-22(30)14-29-9-7-17(8-10-29)21-3-2-4-23(27-21)33-15-18-5-6-19(24)13-20(18)25/h2-6,13,16-17H,7-12,14-15H2,1H3. The molecule has 3 heterocycles. The highest BCUT2D eigenvalue weighted by Crippen LogP contribution is 2.28. The molecule has 3 aromatic rings. The van der Waals surface area contributed by atoms with Crippen LogP contribution >= 0.6 is 11.6 Å². The SMILES string of the molecule is CS(=O)(=O)CCn1cnnc1CN1CCC(c2cccc(OCc3ccc(Cl)cc3F)n2)CC1. The smallest absolute Gasteiger partial charge is 0.213 e. The highest BCUT2D eigenvalue weighted by molar-refractivity contribution is 7.90. The van der Waals surface area contributed by atoms with Crippen molar-refractivity contribution < 1.29 is 17.5 Å². The van der Waals surface area contributed by atoms with Crippen LogP contribution in [0.2, 0.25) is 5.02 Å². The number of nitrogens with zero attached hydrogens (tertiary/aromatic N) is 5. The summed E-state index contributed by atoms with van der Waals surface area (Å²) < 4.78 is 44.4. The van der Waals surface area contributed by atoms with Crippen molar-refractivity contribution >= 4 is 21.4 Å². The maximum Gasteiger partial charge on any atom is 0.213 e. The molecule has 0 amide bonds. The fourth-order valence-corrected chi connectivity index (χ4v) is 4.66. The first-order valence-electron chi connectivity index (χ1n) is 11.1. The normalized spacial score (nSPS) is 15.5. The van der Waals surface area contributed by atoms with Crippen molar-refractivity contribution in [2.45, 2.75) is 38.5 Å². The number of benzene rings is 1. The van der Waals surface area contributed by atoms with Gasteiger partial charge in [-0.25, -0.2) is 17.8 Å². The largest absolute Gasteiger partial charge is 0.473 e. The molecule has 2 aromatic heterocycles. The highest BCUT2D eigenvalue weighted by atomic mass is 35.5. The van der Waals surface area contributed by atoms with E-state index < -0.39 is 15.7 Å². The predicted octanol–water partition coefficient (Wildman–Crippen LogP) is 3.47. The number of ether oxygens (including phenoxy) is 1. The Bertz CT molecular complexity index is 1230. The van der Waals surface area contributed by atoms with E-state index in [9.17, 15) is 12.8 Å². The molecule has 1 aliphatic rings. The fraction of sp³-hybridized carbons (Fsp3) is 0.435. The molecule has 0 aliphatic carbocycles. The van der Waals surface area contributed by atoms with Gasteiger partial charge in [0.2, 0.25) is 5.88 Å². The predicted molar refractivity (Wildman–Crippen MR) is 127 cm³/mol.